The molecule has 1 fully saturated rings. The smallest absolute Gasteiger partial charge is 0.100 e. The van der Waals surface area contributed by atoms with Crippen LogP contribution in [0.25, 0.3) is 0 Å². The van der Waals surface area contributed by atoms with E-state index in [9.17, 15) is 0 Å². The second-order valence-corrected chi connectivity index (χ2v) is 2.97. The fraction of sp³-hybridized carbons (Fsp3) is 0.857. The van der Waals surface area contributed by atoms with Crippen molar-refractivity contribution in [3.63, 3.8) is 0 Å². The van der Waals surface area contributed by atoms with E-state index in [0.29, 0.717) is 0 Å². The van der Waals surface area contributed by atoms with Gasteiger partial charge in [0.05, 0.1) is 12.7 Å². The van der Waals surface area contributed by atoms with Gasteiger partial charge in [0.2, 0.25) is 0 Å². The zero-order valence-corrected chi connectivity index (χ0v) is 6.08. The maximum atomic E-state index is 5.80. The summed E-state index contributed by atoms with van der Waals surface area (Å²) in [6.45, 7) is 1.94. The average Bonchev–Trinajstić information content (AvgIpc) is 2.34. The highest BCUT2D eigenvalue weighted by Crippen LogP contribution is 2.17. The van der Waals surface area contributed by atoms with Gasteiger partial charge in [0.25, 0.3) is 0 Å². The average molecular weight is 139 g/mol. The molecule has 2 aliphatic rings. The van der Waals surface area contributed by atoms with E-state index in [1.165, 1.54) is 18.7 Å². The van der Waals surface area contributed by atoms with Crippen molar-refractivity contribution in [2.24, 2.45) is 10.7 Å². The van der Waals surface area contributed by atoms with Crippen molar-refractivity contribution in [3.05, 3.63) is 0 Å². The number of hydrogen-bond acceptors (Lipinski definition) is 3. The van der Waals surface area contributed by atoms with Gasteiger partial charge in [-0.15, -0.1) is 0 Å². The van der Waals surface area contributed by atoms with Gasteiger partial charge in [0.1, 0.15) is 5.84 Å². The molecule has 1 atom stereocenters. The lowest BCUT2D eigenvalue weighted by Gasteiger charge is -2.28. The van der Waals surface area contributed by atoms with Crippen LogP contribution in [0.2, 0.25) is 0 Å². The van der Waals surface area contributed by atoms with Crippen molar-refractivity contribution in [3.8, 4) is 0 Å². The molecule has 2 rings (SSSR count). The van der Waals surface area contributed by atoms with Crippen LogP contribution in [0.15, 0.2) is 4.99 Å². The Morgan fingerprint density at radius 1 is 1.50 bits per heavy atom. The van der Waals surface area contributed by atoms with Gasteiger partial charge in [0.15, 0.2) is 0 Å². The Balaban J connectivity index is 2.11. The molecule has 0 spiro atoms. The first-order valence-corrected chi connectivity index (χ1v) is 3.93. The highest BCUT2D eigenvalue weighted by atomic mass is 15.3. The van der Waals surface area contributed by atoms with E-state index in [1.54, 1.807) is 0 Å². The Kier molecular flexibility index (Phi) is 1.38. The van der Waals surface area contributed by atoms with Crippen molar-refractivity contribution in [1.82, 2.24) is 4.90 Å². The molecule has 3 nitrogen and oxygen atoms in total. The molecule has 0 aromatic heterocycles. The van der Waals surface area contributed by atoms with Crippen LogP contribution in [-0.2, 0) is 0 Å². The molecule has 2 heterocycles. The van der Waals surface area contributed by atoms with Gasteiger partial charge in [-0.05, 0) is 12.8 Å². The SMILES string of the molecule is NC1CN=C2CCCCN21. The van der Waals surface area contributed by atoms with Gasteiger partial charge in [-0.1, -0.05) is 0 Å². The minimum absolute atomic E-state index is 0.190. The predicted molar refractivity (Wildman–Crippen MR) is 40.8 cm³/mol. The third-order valence-corrected chi connectivity index (χ3v) is 2.24. The van der Waals surface area contributed by atoms with Crippen LogP contribution < -0.4 is 5.73 Å². The second-order valence-electron chi connectivity index (χ2n) is 2.97. The largest absolute Gasteiger partial charge is 0.343 e. The summed E-state index contributed by atoms with van der Waals surface area (Å²) in [5.41, 5.74) is 5.80. The molecule has 0 aliphatic carbocycles. The molecule has 2 aliphatic heterocycles. The number of amidine groups is 1. The summed E-state index contributed by atoms with van der Waals surface area (Å²) in [4.78, 5) is 6.60. The quantitative estimate of drug-likeness (QED) is 0.519. The van der Waals surface area contributed by atoms with Crippen LogP contribution in [0.5, 0.6) is 0 Å². The van der Waals surface area contributed by atoms with Gasteiger partial charge < -0.3 is 10.6 Å². The summed E-state index contributed by atoms with van der Waals surface area (Å²) in [5, 5.41) is 0. The third kappa shape index (κ3) is 0.814. The number of nitrogens with zero attached hydrogens (tertiary/aromatic N) is 2. The Bertz CT molecular complexity index is 164. The number of fused-ring (bicyclic) bond motifs is 1. The van der Waals surface area contributed by atoms with Crippen LogP contribution in [0.3, 0.4) is 0 Å². The van der Waals surface area contributed by atoms with Gasteiger partial charge in [-0.3, -0.25) is 4.99 Å². The Morgan fingerprint density at radius 3 is 3.20 bits per heavy atom. The standard InChI is InChI=1S/C7H13N3/c8-6-5-9-7-3-1-2-4-10(6)7/h6H,1-5,8H2. The lowest BCUT2D eigenvalue weighted by atomic mass is 10.1. The highest BCUT2D eigenvalue weighted by molar-refractivity contribution is 5.84. The van der Waals surface area contributed by atoms with Crippen molar-refractivity contribution < 1.29 is 0 Å². The Labute approximate surface area is 60.9 Å². The predicted octanol–water partition coefficient (Wildman–Crippen LogP) is 0.169. The summed E-state index contributed by atoms with van der Waals surface area (Å²) >= 11 is 0. The number of nitrogens with two attached hydrogens (primary N) is 1. The molecule has 1 unspecified atom stereocenters. The Morgan fingerprint density at radius 2 is 2.40 bits per heavy atom. The summed E-state index contributed by atoms with van der Waals surface area (Å²) in [5.74, 6) is 1.25. The van der Waals surface area contributed by atoms with Crippen LogP contribution in [0.4, 0.5) is 0 Å². The molecule has 0 radical (unpaired) electrons. The number of rotatable bonds is 0. The lowest BCUT2D eigenvalue weighted by molar-refractivity contribution is 0.318. The van der Waals surface area contributed by atoms with E-state index >= 15 is 0 Å². The van der Waals surface area contributed by atoms with E-state index in [4.69, 9.17) is 5.73 Å². The molecule has 2 N–H and O–H groups in total. The fourth-order valence-corrected chi connectivity index (χ4v) is 1.66. The van der Waals surface area contributed by atoms with E-state index in [1.807, 2.05) is 0 Å². The topological polar surface area (TPSA) is 41.6 Å². The molecule has 3 heteroatoms. The minimum Gasteiger partial charge on any atom is -0.343 e. The minimum atomic E-state index is 0.190. The number of hydrogen-bond donors (Lipinski definition) is 1. The lowest BCUT2D eigenvalue weighted by Crippen LogP contribution is -2.44. The molecule has 1 saturated heterocycles. The van der Waals surface area contributed by atoms with Crippen LogP contribution in [-0.4, -0.2) is 30.0 Å². The van der Waals surface area contributed by atoms with Crippen LogP contribution in [0, 0.1) is 0 Å². The maximum absolute atomic E-state index is 5.80. The van der Waals surface area contributed by atoms with E-state index in [0.717, 1.165) is 19.5 Å². The van der Waals surface area contributed by atoms with Gasteiger partial charge in [-0.25, -0.2) is 0 Å². The van der Waals surface area contributed by atoms with E-state index in [2.05, 4.69) is 9.89 Å². The molecule has 10 heavy (non-hydrogen) atoms. The van der Waals surface area contributed by atoms with Crippen molar-refractivity contribution >= 4 is 5.84 Å². The normalized spacial score (nSPS) is 31.9. The maximum Gasteiger partial charge on any atom is 0.100 e. The van der Waals surface area contributed by atoms with Crippen molar-refractivity contribution in [2.75, 3.05) is 13.1 Å². The molecule has 0 aromatic rings. The van der Waals surface area contributed by atoms with Gasteiger partial charge >= 0.3 is 0 Å². The van der Waals surface area contributed by atoms with Crippen LogP contribution in [0.1, 0.15) is 19.3 Å². The molecule has 0 amide bonds. The second kappa shape index (κ2) is 2.23. The first kappa shape index (κ1) is 6.16. The molecular weight excluding hydrogens is 126 g/mol. The third-order valence-electron chi connectivity index (χ3n) is 2.24. The first-order valence-electron chi connectivity index (χ1n) is 3.93. The summed E-state index contributed by atoms with van der Waals surface area (Å²) in [6.07, 6.45) is 3.91. The summed E-state index contributed by atoms with van der Waals surface area (Å²) < 4.78 is 0. The first-order chi connectivity index (χ1) is 4.88. The van der Waals surface area contributed by atoms with Gasteiger partial charge in [-0.2, -0.15) is 0 Å². The Hall–Kier alpha value is -0.570. The van der Waals surface area contributed by atoms with Crippen LogP contribution >= 0.6 is 0 Å². The monoisotopic (exact) mass is 139 g/mol. The molecule has 0 aromatic carbocycles. The zero-order valence-electron chi connectivity index (χ0n) is 6.08. The van der Waals surface area contributed by atoms with E-state index < -0.39 is 0 Å². The van der Waals surface area contributed by atoms with Crippen molar-refractivity contribution in [2.45, 2.75) is 25.4 Å². The fourth-order valence-electron chi connectivity index (χ4n) is 1.66. The molecular formula is C7H13N3. The van der Waals surface area contributed by atoms with Crippen molar-refractivity contribution in [1.29, 1.82) is 0 Å². The summed E-state index contributed by atoms with van der Waals surface area (Å²) in [7, 11) is 0. The molecule has 56 valence electrons. The zero-order chi connectivity index (χ0) is 6.97. The van der Waals surface area contributed by atoms with Gasteiger partial charge in [0, 0.05) is 13.0 Å². The number of piperidine rings is 1. The van der Waals surface area contributed by atoms with E-state index in [-0.39, 0.29) is 6.17 Å². The highest BCUT2D eigenvalue weighted by Gasteiger charge is 2.25. The summed E-state index contributed by atoms with van der Waals surface area (Å²) in [6, 6.07) is 0. The molecule has 0 saturated carbocycles. The number of aliphatic imine (C=N–C) groups is 1. The molecule has 0 bridgehead atoms.